The van der Waals surface area contributed by atoms with Crippen LogP contribution in [0.4, 0.5) is 0 Å². The summed E-state index contributed by atoms with van der Waals surface area (Å²) in [6, 6.07) is 0. The minimum absolute atomic E-state index is 0.184. The van der Waals surface area contributed by atoms with E-state index in [1.165, 1.54) is 0 Å². The van der Waals surface area contributed by atoms with Gasteiger partial charge in [-0.25, -0.2) is 0 Å². The highest BCUT2D eigenvalue weighted by Gasteiger charge is 1.93. The minimum Gasteiger partial charge on any atom is -0.299 e. The second-order valence-corrected chi connectivity index (χ2v) is 2.62. The highest BCUT2D eigenvalue weighted by molar-refractivity contribution is 7.94. The highest BCUT2D eigenvalue weighted by atomic mass is 32.1. The lowest BCUT2D eigenvalue weighted by atomic mass is 10.5. The summed E-state index contributed by atoms with van der Waals surface area (Å²) in [5.41, 5.74) is 0. The van der Waals surface area contributed by atoms with Crippen LogP contribution in [0.25, 0.3) is 0 Å². The lowest BCUT2D eigenvalue weighted by Crippen LogP contribution is -2.14. The number of thiol groups is 1. The van der Waals surface area contributed by atoms with Crippen molar-refractivity contribution < 1.29 is 4.79 Å². The van der Waals surface area contributed by atoms with Gasteiger partial charge in [-0.1, -0.05) is 5.87 Å². The topological polar surface area (TPSA) is 20.3 Å². The molecule has 0 aromatic heterocycles. The van der Waals surface area contributed by atoms with Crippen molar-refractivity contribution in [3.05, 3.63) is 0 Å². The molecule has 0 rings (SSSR count). The Morgan fingerprint density at radius 1 is 1.88 bits per heavy atom. The molecular weight excluding hydrogens is 122 g/mol. The first-order valence-electron chi connectivity index (χ1n) is 2.34. The summed E-state index contributed by atoms with van der Waals surface area (Å²) in [4.78, 5) is 10.3. The Morgan fingerprint density at radius 2 is 2.38 bits per heavy atom. The average molecular weight is 133 g/mol. The van der Waals surface area contributed by atoms with Crippen molar-refractivity contribution >= 4 is 23.2 Å². The van der Waals surface area contributed by atoms with E-state index >= 15 is 0 Å². The number of nitrogens with zero attached hydrogens (tertiary/aromatic N) is 1. The highest BCUT2D eigenvalue weighted by Crippen LogP contribution is 1.89. The van der Waals surface area contributed by atoms with Gasteiger partial charge in [0.05, 0.1) is 6.54 Å². The summed E-state index contributed by atoms with van der Waals surface area (Å²) in [5, 5.41) is 0. The molecular formula is C5H11NOS. The van der Waals surface area contributed by atoms with Crippen molar-refractivity contribution in [2.24, 2.45) is 0 Å². The van der Waals surface area contributed by atoms with Crippen LogP contribution in [0, 0.1) is 0 Å². The first-order valence-corrected chi connectivity index (χ1v) is 3.37. The van der Waals surface area contributed by atoms with E-state index in [1.54, 1.807) is 6.92 Å². The predicted molar refractivity (Wildman–Crippen MR) is 39.4 cm³/mol. The van der Waals surface area contributed by atoms with Crippen LogP contribution in [0.5, 0.6) is 0 Å². The summed E-state index contributed by atoms with van der Waals surface area (Å²) in [6.45, 7) is 2.08. The van der Waals surface area contributed by atoms with Gasteiger partial charge in [-0.2, -0.15) is 0 Å². The summed E-state index contributed by atoms with van der Waals surface area (Å²) < 4.78 is 1.84. The molecule has 0 saturated heterocycles. The lowest BCUT2D eigenvalue weighted by molar-refractivity contribution is -0.116. The van der Waals surface area contributed by atoms with Crippen LogP contribution in [0.15, 0.2) is 0 Å². The van der Waals surface area contributed by atoms with Crippen molar-refractivity contribution in [3.8, 4) is 0 Å². The smallest absolute Gasteiger partial charge is 0.144 e. The quantitative estimate of drug-likeness (QED) is 0.442. The zero-order valence-electron chi connectivity index (χ0n) is 5.22. The second kappa shape index (κ2) is 3.80. The standard InChI is InChI=1S/C5H11NOS/c1-5(7)4-6(2)8-3/h8H,3-4H2,1-2H3. The Labute approximate surface area is 53.6 Å². The molecule has 0 spiro atoms. The molecule has 8 heavy (non-hydrogen) atoms. The van der Waals surface area contributed by atoms with Gasteiger partial charge in [0.15, 0.2) is 0 Å². The van der Waals surface area contributed by atoms with Crippen molar-refractivity contribution in [1.82, 2.24) is 4.31 Å². The summed E-state index contributed by atoms with van der Waals surface area (Å²) >= 11 is 0.901. The predicted octanol–water partition coefficient (Wildman–Crippen LogP) is 0.320. The number of carbonyl (C=O) groups excluding carboxylic acids is 1. The number of rotatable bonds is 3. The molecule has 0 unspecified atom stereocenters. The van der Waals surface area contributed by atoms with Crippen molar-refractivity contribution in [2.75, 3.05) is 13.6 Å². The largest absolute Gasteiger partial charge is 0.299 e. The molecule has 0 N–H and O–H groups in total. The molecule has 0 aliphatic rings. The van der Waals surface area contributed by atoms with Gasteiger partial charge in [0.1, 0.15) is 5.78 Å². The fourth-order valence-electron chi connectivity index (χ4n) is 0.372. The molecule has 0 amide bonds. The van der Waals surface area contributed by atoms with E-state index in [-0.39, 0.29) is 5.78 Å². The Morgan fingerprint density at radius 3 is 2.50 bits per heavy atom. The summed E-state index contributed by atoms with van der Waals surface area (Å²) in [7, 11) is 1.86. The molecule has 0 aliphatic carbocycles. The van der Waals surface area contributed by atoms with E-state index in [0.29, 0.717) is 6.54 Å². The molecule has 48 valence electrons. The molecule has 0 fully saturated rings. The Bertz CT molecular complexity index is 103. The maximum atomic E-state index is 10.3. The number of Topliss-reactive ketones (excluding diaryl/α,β-unsaturated/α-hetero) is 1. The molecule has 0 atom stereocenters. The molecule has 0 aromatic carbocycles. The zero-order chi connectivity index (χ0) is 6.57. The Balaban J connectivity index is 3.38. The number of likely N-dealkylation sites (N-methyl/N-ethyl adjacent to an activating group) is 1. The average Bonchev–Trinajstić information content (AvgIpc) is 1.65. The van der Waals surface area contributed by atoms with Crippen LogP contribution in [-0.2, 0) is 4.79 Å². The SMILES string of the molecule is C=[SH]N(C)CC(C)=O. The van der Waals surface area contributed by atoms with E-state index in [4.69, 9.17) is 0 Å². The minimum atomic E-state index is 0.184. The van der Waals surface area contributed by atoms with Crippen LogP contribution in [0.1, 0.15) is 6.92 Å². The second-order valence-electron chi connectivity index (χ2n) is 1.66. The van der Waals surface area contributed by atoms with Gasteiger partial charge >= 0.3 is 0 Å². The van der Waals surface area contributed by atoms with Gasteiger partial charge in [-0.3, -0.25) is 9.10 Å². The number of hydrogen-bond donors (Lipinski definition) is 1. The number of hydrogen-bond acceptors (Lipinski definition) is 2. The van der Waals surface area contributed by atoms with Crippen molar-refractivity contribution in [2.45, 2.75) is 6.92 Å². The fourth-order valence-corrected chi connectivity index (χ4v) is 0.671. The Hall–Kier alpha value is -0.150. The van der Waals surface area contributed by atoms with Crippen LogP contribution < -0.4 is 0 Å². The molecule has 0 aliphatic heterocycles. The molecule has 0 heterocycles. The van der Waals surface area contributed by atoms with Gasteiger partial charge in [0, 0.05) is 0 Å². The third-order valence-corrected chi connectivity index (χ3v) is 1.32. The molecule has 0 bridgehead atoms. The number of carbonyl (C=O) groups is 1. The van der Waals surface area contributed by atoms with Gasteiger partial charge in [-0.05, 0) is 14.0 Å². The molecule has 0 saturated carbocycles. The molecule has 0 radical (unpaired) electrons. The fraction of sp³-hybridized carbons (Fsp3) is 0.600. The monoisotopic (exact) mass is 133 g/mol. The summed E-state index contributed by atoms with van der Waals surface area (Å²) in [6.07, 6.45) is 0. The molecule has 2 nitrogen and oxygen atoms in total. The number of ketones is 1. The normalized spacial score (nSPS) is 9.88. The maximum absolute atomic E-state index is 10.3. The van der Waals surface area contributed by atoms with Crippen LogP contribution in [0.2, 0.25) is 0 Å². The third-order valence-electron chi connectivity index (χ3n) is 0.693. The third kappa shape index (κ3) is 4.02. The first-order chi connectivity index (χ1) is 3.66. The van der Waals surface area contributed by atoms with Crippen LogP contribution in [0.3, 0.4) is 0 Å². The van der Waals surface area contributed by atoms with Crippen molar-refractivity contribution in [1.29, 1.82) is 0 Å². The molecule has 3 heteroatoms. The zero-order valence-corrected chi connectivity index (χ0v) is 6.11. The van der Waals surface area contributed by atoms with Crippen LogP contribution in [-0.4, -0.2) is 29.6 Å². The van der Waals surface area contributed by atoms with Gasteiger partial charge in [-0.15, -0.1) is 11.5 Å². The van der Waals surface area contributed by atoms with Crippen molar-refractivity contribution in [3.63, 3.8) is 0 Å². The van der Waals surface area contributed by atoms with E-state index in [1.807, 2.05) is 11.4 Å². The maximum Gasteiger partial charge on any atom is 0.144 e. The lowest BCUT2D eigenvalue weighted by Gasteiger charge is -2.05. The van der Waals surface area contributed by atoms with Gasteiger partial charge < -0.3 is 0 Å². The Kier molecular flexibility index (Phi) is 3.73. The van der Waals surface area contributed by atoms with E-state index in [2.05, 4.69) is 5.87 Å². The van der Waals surface area contributed by atoms with E-state index < -0.39 is 0 Å². The van der Waals surface area contributed by atoms with Gasteiger partial charge in [0.2, 0.25) is 0 Å². The van der Waals surface area contributed by atoms with Gasteiger partial charge in [0.25, 0.3) is 0 Å². The van der Waals surface area contributed by atoms with E-state index in [9.17, 15) is 4.79 Å². The first kappa shape index (κ1) is 7.85. The van der Waals surface area contributed by atoms with Crippen LogP contribution >= 0.6 is 11.5 Å². The molecule has 0 aromatic rings. The van der Waals surface area contributed by atoms with E-state index in [0.717, 1.165) is 11.5 Å². The summed E-state index contributed by atoms with van der Waals surface area (Å²) in [5.74, 6) is 3.77.